The Morgan fingerprint density at radius 2 is 1.65 bits per heavy atom. The van der Waals surface area contributed by atoms with Crippen LogP contribution in [0.4, 0.5) is 0 Å². The van der Waals surface area contributed by atoms with Gasteiger partial charge in [0.15, 0.2) is 0 Å². The van der Waals surface area contributed by atoms with Gasteiger partial charge in [0, 0.05) is 30.8 Å². The van der Waals surface area contributed by atoms with Gasteiger partial charge in [0.2, 0.25) is 0 Å². The van der Waals surface area contributed by atoms with E-state index in [0.29, 0.717) is 23.6 Å². The van der Waals surface area contributed by atoms with Gasteiger partial charge in [0.25, 0.3) is 11.8 Å². The predicted molar refractivity (Wildman–Crippen MR) is 105 cm³/mol. The summed E-state index contributed by atoms with van der Waals surface area (Å²) in [5.74, 6) is 0.684. The highest BCUT2D eigenvalue weighted by atomic mass is 16.2. The number of nitrogens with zero attached hydrogens (tertiary/aromatic N) is 1. The van der Waals surface area contributed by atoms with Crippen LogP contribution in [0.5, 0.6) is 0 Å². The van der Waals surface area contributed by atoms with E-state index in [1.165, 1.54) is 6.42 Å². The van der Waals surface area contributed by atoms with Crippen molar-refractivity contribution in [1.29, 1.82) is 0 Å². The normalized spacial score (nSPS) is 15.8. The molecule has 0 spiro atoms. The molecule has 2 amide bonds. The SMILES string of the molecule is CNCCC1CCN(C(=O)c2ccc(C(=O)NCC(C)(C)C)cc2)CC1. The molecule has 0 aromatic heterocycles. The standard InChI is InChI=1S/C21H33N3O2/c1-21(2,3)15-23-19(25)17-5-7-18(8-6-17)20(26)24-13-10-16(11-14-24)9-12-22-4/h5-8,16,22H,9-15H2,1-4H3,(H,23,25). The Labute approximate surface area is 157 Å². The zero-order valence-electron chi connectivity index (χ0n) is 16.6. The lowest BCUT2D eigenvalue weighted by atomic mass is 9.93. The lowest BCUT2D eigenvalue weighted by Gasteiger charge is -2.32. The van der Waals surface area contributed by atoms with E-state index in [-0.39, 0.29) is 17.2 Å². The lowest BCUT2D eigenvalue weighted by Crippen LogP contribution is -2.39. The Bertz CT molecular complexity index is 597. The number of carbonyl (C=O) groups is 2. The Morgan fingerprint density at radius 3 is 2.19 bits per heavy atom. The summed E-state index contributed by atoms with van der Waals surface area (Å²) in [6.07, 6.45) is 3.32. The van der Waals surface area contributed by atoms with Crippen LogP contribution >= 0.6 is 0 Å². The lowest BCUT2D eigenvalue weighted by molar-refractivity contribution is 0.0686. The molecule has 1 saturated heterocycles. The molecule has 1 heterocycles. The largest absolute Gasteiger partial charge is 0.352 e. The van der Waals surface area contributed by atoms with E-state index in [9.17, 15) is 9.59 Å². The van der Waals surface area contributed by atoms with Gasteiger partial charge in [0.05, 0.1) is 0 Å². The number of piperidine rings is 1. The van der Waals surface area contributed by atoms with Gasteiger partial charge in [-0.05, 0) is 68.5 Å². The summed E-state index contributed by atoms with van der Waals surface area (Å²) in [5.41, 5.74) is 1.30. The maximum atomic E-state index is 12.7. The quantitative estimate of drug-likeness (QED) is 0.821. The minimum Gasteiger partial charge on any atom is -0.352 e. The fraction of sp³-hybridized carbons (Fsp3) is 0.619. The van der Waals surface area contributed by atoms with Crippen molar-refractivity contribution in [3.63, 3.8) is 0 Å². The van der Waals surface area contributed by atoms with Crippen molar-refractivity contribution in [2.24, 2.45) is 11.3 Å². The van der Waals surface area contributed by atoms with Gasteiger partial charge in [-0.25, -0.2) is 0 Å². The Kier molecular flexibility index (Phi) is 7.21. The number of likely N-dealkylation sites (tertiary alicyclic amines) is 1. The highest BCUT2D eigenvalue weighted by Crippen LogP contribution is 2.21. The van der Waals surface area contributed by atoms with Crippen LogP contribution in [0.25, 0.3) is 0 Å². The van der Waals surface area contributed by atoms with Crippen LogP contribution in [0.15, 0.2) is 24.3 Å². The van der Waals surface area contributed by atoms with E-state index < -0.39 is 0 Å². The Balaban J connectivity index is 1.88. The van der Waals surface area contributed by atoms with E-state index >= 15 is 0 Å². The summed E-state index contributed by atoms with van der Waals surface area (Å²) < 4.78 is 0. The molecule has 144 valence electrons. The molecule has 2 N–H and O–H groups in total. The average molecular weight is 360 g/mol. The van der Waals surface area contributed by atoms with Gasteiger partial charge in [-0.1, -0.05) is 20.8 Å². The Hall–Kier alpha value is -1.88. The van der Waals surface area contributed by atoms with Gasteiger partial charge in [-0.2, -0.15) is 0 Å². The smallest absolute Gasteiger partial charge is 0.253 e. The monoisotopic (exact) mass is 359 g/mol. The van der Waals surface area contributed by atoms with Gasteiger partial charge in [-0.15, -0.1) is 0 Å². The average Bonchev–Trinajstić information content (AvgIpc) is 2.64. The molecule has 0 atom stereocenters. The van der Waals surface area contributed by atoms with Crippen LogP contribution in [0, 0.1) is 11.3 Å². The second-order valence-corrected chi connectivity index (χ2v) is 8.45. The van der Waals surface area contributed by atoms with Gasteiger partial charge in [-0.3, -0.25) is 9.59 Å². The molecule has 5 heteroatoms. The molecule has 1 aliphatic heterocycles. The van der Waals surface area contributed by atoms with Crippen molar-refractivity contribution in [1.82, 2.24) is 15.5 Å². The summed E-state index contributed by atoms with van der Waals surface area (Å²) in [4.78, 5) is 26.8. The molecule has 0 radical (unpaired) electrons. The number of benzene rings is 1. The number of rotatable bonds is 6. The van der Waals surface area contributed by atoms with E-state index in [1.54, 1.807) is 24.3 Å². The fourth-order valence-electron chi connectivity index (χ4n) is 3.17. The van der Waals surface area contributed by atoms with Crippen molar-refractivity contribution in [3.8, 4) is 0 Å². The number of hydrogen-bond donors (Lipinski definition) is 2. The van der Waals surface area contributed by atoms with E-state index in [1.807, 2.05) is 11.9 Å². The van der Waals surface area contributed by atoms with Crippen molar-refractivity contribution in [3.05, 3.63) is 35.4 Å². The molecule has 1 aromatic rings. The van der Waals surface area contributed by atoms with Crippen LogP contribution in [0.1, 0.15) is 60.7 Å². The van der Waals surface area contributed by atoms with E-state index in [4.69, 9.17) is 0 Å². The number of carbonyl (C=O) groups excluding carboxylic acids is 2. The molecular formula is C21H33N3O2. The first-order chi connectivity index (χ1) is 12.3. The first kappa shape index (κ1) is 20.4. The van der Waals surface area contributed by atoms with Crippen molar-refractivity contribution >= 4 is 11.8 Å². The number of amides is 2. The molecule has 5 nitrogen and oxygen atoms in total. The topological polar surface area (TPSA) is 61.4 Å². The zero-order valence-corrected chi connectivity index (χ0v) is 16.6. The molecule has 0 unspecified atom stereocenters. The first-order valence-electron chi connectivity index (χ1n) is 9.62. The Morgan fingerprint density at radius 1 is 1.08 bits per heavy atom. The summed E-state index contributed by atoms with van der Waals surface area (Å²) in [5, 5.41) is 6.13. The van der Waals surface area contributed by atoms with Gasteiger partial charge >= 0.3 is 0 Å². The first-order valence-corrected chi connectivity index (χ1v) is 9.62. The molecule has 1 aromatic carbocycles. The minimum atomic E-state index is -0.0933. The summed E-state index contributed by atoms with van der Waals surface area (Å²) in [6, 6.07) is 7.01. The highest BCUT2D eigenvalue weighted by Gasteiger charge is 2.23. The fourth-order valence-corrected chi connectivity index (χ4v) is 3.17. The maximum Gasteiger partial charge on any atom is 0.253 e. The summed E-state index contributed by atoms with van der Waals surface area (Å²) in [6.45, 7) is 9.54. The van der Waals surface area contributed by atoms with Crippen LogP contribution < -0.4 is 10.6 Å². The molecule has 0 saturated carbocycles. The molecular weight excluding hydrogens is 326 g/mol. The number of hydrogen-bond acceptors (Lipinski definition) is 3. The van der Waals surface area contributed by atoms with Crippen LogP contribution in [-0.2, 0) is 0 Å². The minimum absolute atomic E-state index is 0.0465. The van der Waals surface area contributed by atoms with E-state index in [0.717, 1.165) is 32.5 Å². The molecule has 0 aliphatic carbocycles. The van der Waals surface area contributed by atoms with Crippen molar-refractivity contribution < 1.29 is 9.59 Å². The summed E-state index contributed by atoms with van der Waals surface area (Å²) >= 11 is 0. The van der Waals surface area contributed by atoms with E-state index in [2.05, 4.69) is 31.4 Å². The van der Waals surface area contributed by atoms with Crippen LogP contribution in [0.2, 0.25) is 0 Å². The molecule has 1 fully saturated rings. The number of nitrogens with one attached hydrogen (secondary N) is 2. The maximum absolute atomic E-state index is 12.7. The molecule has 1 aliphatic rings. The zero-order chi connectivity index (χ0) is 19.2. The predicted octanol–water partition coefficient (Wildman–Crippen LogP) is 2.92. The molecule has 2 rings (SSSR count). The van der Waals surface area contributed by atoms with Crippen LogP contribution in [0.3, 0.4) is 0 Å². The second kappa shape index (κ2) is 9.17. The third kappa shape index (κ3) is 6.13. The third-order valence-corrected chi connectivity index (χ3v) is 4.88. The third-order valence-electron chi connectivity index (χ3n) is 4.88. The van der Waals surface area contributed by atoms with Gasteiger partial charge in [0.1, 0.15) is 0 Å². The van der Waals surface area contributed by atoms with Crippen molar-refractivity contribution in [2.75, 3.05) is 33.2 Å². The van der Waals surface area contributed by atoms with Gasteiger partial charge < -0.3 is 15.5 Å². The second-order valence-electron chi connectivity index (χ2n) is 8.45. The highest BCUT2D eigenvalue weighted by molar-refractivity contribution is 5.97. The molecule has 0 bridgehead atoms. The molecule has 26 heavy (non-hydrogen) atoms. The van der Waals surface area contributed by atoms with Crippen molar-refractivity contribution in [2.45, 2.75) is 40.0 Å². The summed E-state index contributed by atoms with van der Waals surface area (Å²) in [7, 11) is 1.98. The van der Waals surface area contributed by atoms with Crippen LogP contribution in [-0.4, -0.2) is 49.9 Å².